The van der Waals surface area contributed by atoms with Gasteiger partial charge in [-0.15, -0.1) is 0 Å². The van der Waals surface area contributed by atoms with Crippen LogP contribution in [-0.2, 0) is 0 Å². The van der Waals surface area contributed by atoms with Crippen molar-refractivity contribution >= 4 is 27.7 Å². The Bertz CT molecular complexity index is 860. The number of pyridine rings is 1. The van der Waals surface area contributed by atoms with Crippen LogP contribution in [0.4, 0.5) is 0 Å². The van der Waals surface area contributed by atoms with Gasteiger partial charge in [0.15, 0.2) is 0 Å². The number of hydrogen-bond donors (Lipinski definition) is 0. The number of halogens is 1. The van der Waals surface area contributed by atoms with Crippen molar-refractivity contribution in [2.75, 3.05) is 7.11 Å². The molecule has 0 spiro atoms. The van der Waals surface area contributed by atoms with Crippen LogP contribution in [0.3, 0.4) is 0 Å². The molecule has 4 heteroatoms. The highest BCUT2D eigenvalue weighted by atomic mass is 35.5. The molecule has 110 valence electrons. The molecule has 3 rings (SSSR count). The summed E-state index contributed by atoms with van der Waals surface area (Å²) in [4.78, 5) is 16.6. The number of fused-ring (bicyclic) bond motifs is 1. The van der Waals surface area contributed by atoms with E-state index in [9.17, 15) is 4.79 Å². The van der Waals surface area contributed by atoms with E-state index >= 15 is 0 Å². The Morgan fingerprint density at radius 2 is 1.86 bits per heavy atom. The highest BCUT2D eigenvalue weighted by molar-refractivity contribution is 6.68. The van der Waals surface area contributed by atoms with Gasteiger partial charge in [0.2, 0.25) is 0 Å². The zero-order chi connectivity index (χ0) is 15.7. The second-order valence-corrected chi connectivity index (χ2v) is 5.33. The van der Waals surface area contributed by atoms with Crippen molar-refractivity contribution in [2.45, 2.75) is 6.92 Å². The molecular weight excluding hydrogens is 298 g/mol. The van der Waals surface area contributed by atoms with Gasteiger partial charge in [0, 0.05) is 22.6 Å². The van der Waals surface area contributed by atoms with Crippen LogP contribution < -0.4 is 4.74 Å². The lowest BCUT2D eigenvalue weighted by atomic mass is 9.98. The highest BCUT2D eigenvalue weighted by Crippen LogP contribution is 2.32. The van der Waals surface area contributed by atoms with Crippen molar-refractivity contribution in [1.82, 2.24) is 4.98 Å². The van der Waals surface area contributed by atoms with Crippen LogP contribution in [0.15, 0.2) is 48.5 Å². The zero-order valence-electron chi connectivity index (χ0n) is 12.3. The normalized spacial score (nSPS) is 10.7. The van der Waals surface area contributed by atoms with Crippen molar-refractivity contribution < 1.29 is 9.53 Å². The first-order valence-corrected chi connectivity index (χ1v) is 7.23. The van der Waals surface area contributed by atoms with E-state index in [2.05, 4.69) is 0 Å². The molecule has 0 aliphatic rings. The molecule has 0 saturated carbocycles. The molecule has 0 radical (unpaired) electrons. The molecule has 0 aliphatic heterocycles. The summed E-state index contributed by atoms with van der Waals surface area (Å²) in [6.07, 6.45) is 0. The number of ether oxygens (including phenoxy) is 1. The van der Waals surface area contributed by atoms with Gasteiger partial charge >= 0.3 is 0 Å². The summed E-state index contributed by atoms with van der Waals surface area (Å²) in [7, 11) is 1.60. The molecule has 0 N–H and O–H groups in total. The molecule has 0 unspecified atom stereocenters. The van der Waals surface area contributed by atoms with Gasteiger partial charge in [0.05, 0.1) is 18.3 Å². The van der Waals surface area contributed by atoms with E-state index in [1.54, 1.807) is 13.2 Å². The third-order valence-corrected chi connectivity index (χ3v) is 3.87. The van der Waals surface area contributed by atoms with Crippen LogP contribution in [0.25, 0.3) is 22.2 Å². The van der Waals surface area contributed by atoms with Crippen molar-refractivity contribution in [3.63, 3.8) is 0 Å². The maximum atomic E-state index is 11.9. The predicted octanol–water partition coefficient (Wildman–Crippen LogP) is 4.60. The minimum atomic E-state index is -0.479. The fourth-order valence-electron chi connectivity index (χ4n) is 2.60. The number of aromatic nitrogens is 1. The molecule has 3 nitrogen and oxygen atoms in total. The summed E-state index contributed by atoms with van der Waals surface area (Å²) in [5.41, 5.74) is 3.67. The zero-order valence-corrected chi connectivity index (χ0v) is 13.0. The summed E-state index contributed by atoms with van der Waals surface area (Å²) < 4.78 is 5.24. The Balaban J connectivity index is 2.38. The smallest absolute Gasteiger partial charge is 0.253 e. The lowest BCUT2D eigenvalue weighted by Gasteiger charge is -2.13. The number of nitrogens with zero attached hydrogens (tertiary/aromatic N) is 1. The first-order chi connectivity index (χ1) is 10.6. The van der Waals surface area contributed by atoms with Crippen molar-refractivity contribution in [3.05, 3.63) is 59.7 Å². The predicted molar refractivity (Wildman–Crippen MR) is 88.7 cm³/mol. The van der Waals surface area contributed by atoms with Gasteiger partial charge in [-0.2, -0.15) is 0 Å². The number of rotatable bonds is 3. The Kier molecular flexibility index (Phi) is 3.82. The number of benzene rings is 2. The molecule has 0 aliphatic carbocycles. The first kappa shape index (κ1) is 14.5. The summed E-state index contributed by atoms with van der Waals surface area (Å²) in [6, 6.07) is 15.2. The Morgan fingerprint density at radius 3 is 2.50 bits per heavy atom. The van der Waals surface area contributed by atoms with E-state index in [1.807, 2.05) is 49.4 Å². The van der Waals surface area contributed by atoms with Gasteiger partial charge in [-0.3, -0.25) is 4.79 Å². The fourth-order valence-corrected chi connectivity index (χ4v) is 2.84. The van der Waals surface area contributed by atoms with E-state index < -0.39 is 5.24 Å². The molecule has 1 aromatic heterocycles. The molecule has 0 amide bonds. The lowest BCUT2D eigenvalue weighted by Crippen LogP contribution is -2.01. The molecule has 0 saturated heterocycles. The lowest BCUT2D eigenvalue weighted by molar-refractivity contribution is 0.108. The SMILES string of the molecule is COc1ccc2c(C(=O)Cl)c(C)c(-c3ccccc3)nc2c1. The number of hydrogen-bond acceptors (Lipinski definition) is 3. The first-order valence-electron chi connectivity index (χ1n) is 6.85. The van der Waals surface area contributed by atoms with Gasteiger partial charge in [-0.1, -0.05) is 30.3 Å². The van der Waals surface area contributed by atoms with Crippen molar-refractivity contribution in [3.8, 4) is 17.0 Å². The van der Waals surface area contributed by atoms with Crippen LogP contribution in [0, 0.1) is 6.92 Å². The van der Waals surface area contributed by atoms with E-state index in [4.69, 9.17) is 21.3 Å². The topological polar surface area (TPSA) is 39.2 Å². The Labute approximate surface area is 133 Å². The molecule has 0 atom stereocenters. The quantitative estimate of drug-likeness (QED) is 0.664. The molecule has 1 heterocycles. The van der Waals surface area contributed by atoms with Crippen molar-refractivity contribution in [2.24, 2.45) is 0 Å². The third kappa shape index (κ3) is 2.44. The van der Waals surface area contributed by atoms with Gasteiger partial charge in [0.1, 0.15) is 5.75 Å². The maximum Gasteiger partial charge on any atom is 0.253 e. The second-order valence-electron chi connectivity index (χ2n) is 4.98. The number of methoxy groups -OCH3 is 1. The Morgan fingerprint density at radius 1 is 1.14 bits per heavy atom. The van der Waals surface area contributed by atoms with E-state index in [1.165, 1.54) is 0 Å². The average molecular weight is 312 g/mol. The van der Waals surface area contributed by atoms with E-state index in [0.29, 0.717) is 16.8 Å². The van der Waals surface area contributed by atoms with E-state index in [-0.39, 0.29) is 0 Å². The highest BCUT2D eigenvalue weighted by Gasteiger charge is 2.17. The summed E-state index contributed by atoms with van der Waals surface area (Å²) in [5, 5.41) is 0.255. The molecule has 3 aromatic rings. The van der Waals surface area contributed by atoms with Crippen LogP contribution in [0.1, 0.15) is 15.9 Å². The Hall–Kier alpha value is -2.39. The van der Waals surface area contributed by atoms with Gasteiger partial charge in [-0.05, 0) is 36.2 Å². The van der Waals surface area contributed by atoms with Crippen LogP contribution in [0.5, 0.6) is 5.75 Å². The average Bonchev–Trinajstić information content (AvgIpc) is 2.54. The summed E-state index contributed by atoms with van der Waals surface area (Å²) in [5.74, 6) is 0.691. The largest absolute Gasteiger partial charge is 0.497 e. The third-order valence-electron chi connectivity index (χ3n) is 3.68. The van der Waals surface area contributed by atoms with Crippen LogP contribution in [0.2, 0.25) is 0 Å². The number of carbonyl (C=O) groups is 1. The second kappa shape index (κ2) is 5.78. The molecule has 0 fully saturated rings. The maximum absolute atomic E-state index is 11.9. The van der Waals surface area contributed by atoms with Gasteiger partial charge in [-0.25, -0.2) is 4.98 Å². The van der Waals surface area contributed by atoms with Crippen molar-refractivity contribution in [1.29, 1.82) is 0 Å². The molecule has 22 heavy (non-hydrogen) atoms. The summed E-state index contributed by atoms with van der Waals surface area (Å²) in [6.45, 7) is 1.87. The molecule has 0 bridgehead atoms. The fraction of sp³-hybridized carbons (Fsp3) is 0.111. The van der Waals surface area contributed by atoms with Crippen LogP contribution in [-0.4, -0.2) is 17.3 Å². The van der Waals surface area contributed by atoms with Gasteiger partial charge < -0.3 is 4.74 Å². The monoisotopic (exact) mass is 311 g/mol. The van der Waals surface area contributed by atoms with Gasteiger partial charge in [0.25, 0.3) is 5.24 Å². The number of carbonyl (C=O) groups excluding carboxylic acids is 1. The minimum Gasteiger partial charge on any atom is -0.497 e. The molecule has 2 aromatic carbocycles. The summed E-state index contributed by atoms with van der Waals surface area (Å²) >= 11 is 5.82. The standard InChI is InChI=1S/C18H14ClNO2/c1-11-16(18(19)21)14-9-8-13(22-2)10-15(14)20-17(11)12-6-4-3-5-7-12/h3-10H,1-2H3. The molecular formula is C18H14ClNO2. The minimum absolute atomic E-state index is 0.479. The van der Waals surface area contributed by atoms with E-state index in [0.717, 1.165) is 22.2 Å². The van der Waals surface area contributed by atoms with Crippen LogP contribution >= 0.6 is 11.6 Å².